The Kier molecular flexibility index (Phi) is 7.92. The van der Waals surface area contributed by atoms with Crippen molar-refractivity contribution in [2.45, 2.75) is 73.4 Å². The third kappa shape index (κ3) is 11.3. The molecule has 0 saturated heterocycles. The molecule has 0 amide bonds. The van der Waals surface area contributed by atoms with E-state index in [-0.39, 0.29) is 11.1 Å². The van der Waals surface area contributed by atoms with E-state index in [4.69, 9.17) is 9.68 Å². The van der Waals surface area contributed by atoms with Crippen LogP contribution in [0.3, 0.4) is 0 Å². The molecule has 0 aromatic heterocycles. The van der Waals surface area contributed by atoms with Gasteiger partial charge in [-0.3, -0.25) is 4.99 Å². The van der Waals surface area contributed by atoms with Crippen molar-refractivity contribution in [3.63, 3.8) is 0 Å². The zero-order valence-corrected chi connectivity index (χ0v) is 16.1. The molecule has 0 unspecified atom stereocenters. The maximum atomic E-state index is 5.47. The normalized spacial score (nSPS) is 15.6. The standard InChI is InChI=1S/C16H31N5O2/c1-11(20-22-13(3)17-10)12(2)21-23-14(18-15(4,5)6)19-16(7,8)9/h1-10H3,(H,18,19)/b17-13?,20-11-,21-12+. The third-order valence-electron chi connectivity index (χ3n) is 2.34. The van der Waals surface area contributed by atoms with Gasteiger partial charge in [-0.15, -0.1) is 0 Å². The molecule has 0 heterocycles. The van der Waals surface area contributed by atoms with Gasteiger partial charge in [0.15, 0.2) is 0 Å². The molecule has 0 spiro atoms. The number of hydrogen-bond donors (Lipinski definition) is 1. The van der Waals surface area contributed by atoms with E-state index in [1.165, 1.54) is 0 Å². The van der Waals surface area contributed by atoms with E-state index in [0.717, 1.165) is 0 Å². The van der Waals surface area contributed by atoms with Crippen LogP contribution in [0.15, 0.2) is 20.3 Å². The average molecular weight is 325 g/mol. The maximum absolute atomic E-state index is 5.47. The van der Waals surface area contributed by atoms with Gasteiger partial charge in [0, 0.05) is 19.5 Å². The molecular weight excluding hydrogens is 294 g/mol. The number of hydrogen-bond acceptors (Lipinski definition) is 6. The smallest absolute Gasteiger partial charge is 0.315 e. The highest BCUT2D eigenvalue weighted by atomic mass is 16.6. The van der Waals surface area contributed by atoms with Crippen LogP contribution in [0.1, 0.15) is 62.3 Å². The molecule has 7 heteroatoms. The number of rotatable bonds is 3. The Bertz CT molecular complexity index is 506. The van der Waals surface area contributed by atoms with Crippen molar-refractivity contribution >= 4 is 23.3 Å². The number of aliphatic imine (C=N–C) groups is 2. The van der Waals surface area contributed by atoms with E-state index in [2.05, 4.69) is 25.6 Å². The van der Waals surface area contributed by atoms with Gasteiger partial charge in [-0.2, -0.15) is 0 Å². The second-order valence-electron chi connectivity index (χ2n) is 7.24. The molecule has 0 fully saturated rings. The molecule has 132 valence electrons. The minimum absolute atomic E-state index is 0.186. The summed E-state index contributed by atoms with van der Waals surface area (Å²) in [7, 11) is 1.64. The van der Waals surface area contributed by atoms with Crippen LogP contribution < -0.4 is 5.32 Å². The van der Waals surface area contributed by atoms with E-state index in [9.17, 15) is 0 Å². The molecule has 0 aliphatic heterocycles. The molecule has 0 rings (SSSR count). The molecule has 0 aromatic rings. The van der Waals surface area contributed by atoms with Crippen molar-refractivity contribution in [2.24, 2.45) is 20.3 Å². The van der Waals surface area contributed by atoms with Gasteiger partial charge < -0.3 is 15.0 Å². The fourth-order valence-corrected chi connectivity index (χ4v) is 1.12. The van der Waals surface area contributed by atoms with E-state index in [1.807, 2.05) is 41.5 Å². The summed E-state index contributed by atoms with van der Waals surface area (Å²) >= 11 is 0. The lowest BCUT2D eigenvalue weighted by Gasteiger charge is -2.23. The lowest BCUT2D eigenvalue weighted by molar-refractivity contribution is 0.286. The third-order valence-corrected chi connectivity index (χ3v) is 2.34. The van der Waals surface area contributed by atoms with Crippen molar-refractivity contribution in [3.05, 3.63) is 0 Å². The SMILES string of the molecule is CN=C(C)O/N=C(C)\C(C)=N\OC(=NC(C)(C)C)NC(C)(C)C. The molecular formula is C16H31N5O2. The largest absolute Gasteiger partial charge is 0.342 e. The minimum atomic E-state index is -0.280. The van der Waals surface area contributed by atoms with Crippen LogP contribution in [0, 0.1) is 0 Å². The molecule has 0 aliphatic rings. The van der Waals surface area contributed by atoms with Crippen molar-refractivity contribution in [1.82, 2.24) is 5.32 Å². The molecule has 0 aliphatic carbocycles. The van der Waals surface area contributed by atoms with Gasteiger partial charge in [0.05, 0.1) is 5.54 Å². The Labute approximate surface area is 139 Å². The van der Waals surface area contributed by atoms with Crippen molar-refractivity contribution in [1.29, 1.82) is 0 Å². The van der Waals surface area contributed by atoms with Crippen LogP contribution in [-0.2, 0) is 9.68 Å². The second kappa shape index (κ2) is 8.64. The number of oxime groups is 2. The van der Waals surface area contributed by atoms with Crippen LogP contribution >= 0.6 is 0 Å². The Balaban J connectivity index is 5.11. The van der Waals surface area contributed by atoms with Crippen molar-refractivity contribution in [2.75, 3.05) is 7.05 Å². The molecule has 23 heavy (non-hydrogen) atoms. The summed E-state index contributed by atoms with van der Waals surface area (Å²) < 4.78 is 0. The van der Waals surface area contributed by atoms with Gasteiger partial charge in [0.2, 0.25) is 5.90 Å². The van der Waals surface area contributed by atoms with Crippen molar-refractivity contribution < 1.29 is 9.68 Å². The van der Waals surface area contributed by atoms with E-state index in [1.54, 1.807) is 27.8 Å². The van der Waals surface area contributed by atoms with E-state index >= 15 is 0 Å². The molecule has 0 bridgehead atoms. The zero-order chi connectivity index (χ0) is 18.3. The maximum Gasteiger partial charge on any atom is 0.315 e. The van der Waals surface area contributed by atoms with Crippen LogP contribution in [0.2, 0.25) is 0 Å². The monoisotopic (exact) mass is 325 g/mol. The highest BCUT2D eigenvalue weighted by Gasteiger charge is 2.17. The molecule has 0 aromatic carbocycles. The first-order chi connectivity index (χ1) is 10.3. The molecule has 0 atom stereocenters. The van der Waals surface area contributed by atoms with Crippen LogP contribution in [0.5, 0.6) is 0 Å². The van der Waals surface area contributed by atoms with Crippen LogP contribution in [0.4, 0.5) is 0 Å². The quantitative estimate of drug-likeness (QED) is 0.491. The molecule has 0 radical (unpaired) electrons. The Hall–Kier alpha value is -1.92. The number of nitrogens with one attached hydrogen (secondary N) is 1. The summed E-state index contributed by atoms with van der Waals surface area (Å²) in [6.45, 7) is 17.3. The molecule has 1 N–H and O–H groups in total. The highest BCUT2D eigenvalue weighted by Crippen LogP contribution is 2.09. The summed E-state index contributed by atoms with van der Waals surface area (Å²) in [6, 6.07) is 0.365. The van der Waals surface area contributed by atoms with Crippen molar-refractivity contribution in [3.8, 4) is 0 Å². The average Bonchev–Trinajstić information content (AvgIpc) is 2.37. The Morgan fingerprint density at radius 1 is 0.826 bits per heavy atom. The Morgan fingerprint density at radius 2 is 1.30 bits per heavy atom. The Morgan fingerprint density at radius 3 is 1.70 bits per heavy atom. The summed E-state index contributed by atoms with van der Waals surface area (Å²) in [5.41, 5.74) is 0.719. The summed E-state index contributed by atoms with van der Waals surface area (Å²) in [6.07, 6.45) is 0. The summed E-state index contributed by atoms with van der Waals surface area (Å²) in [5, 5.41) is 11.2. The van der Waals surface area contributed by atoms with Crippen LogP contribution in [0.25, 0.3) is 0 Å². The predicted octanol–water partition coefficient (Wildman–Crippen LogP) is 3.36. The van der Waals surface area contributed by atoms with Gasteiger partial charge in [0.1, 0.15) is 11.4 Å². The van der Waals surface area contributed by atoms with Crippen LogP contribution in [-0.4, -0.2) is 41.5 Å². The highest BCUT2D eigenvalue weighted by molar-refractivity contribution is 6.40. The van der Waals surface area contributed by atoms with Gasteiger partial charge in [0.25, 0.3) is 0 Å². The fraction of sp³-hybridized carbons (Fsp3) is 0.750. The van der Waals surface area contributed by atoms with Gasteiger partial charge in [-0.1, -0.05) is 10.3 Å². The minimum Gasteiger partial charge on any atom is -0.342 e. The second-order valence-corrected chi connectivity index (χ2v) is 7.24. The van der Waals surface area contributed by atoms with Gasteiger partial charge in [-0.25, -0.2) is 4.99 Å². The summed E-state index contributed by atoms with van der Waals surface area (Å²) in [4.78, 5) is 18.9. The number of amidine groups is 1. The first kappa shape index (κ1) is 21.1. The van der Waals surface area contributed by atoms with Gasteiger partial charge in [-0.05, 0) is 55.4 Å². The van der Waals surface area contributed by atoms with E-state index < -0.39 is 0 Å². The predicted molar refractivity (Wildman–Crippen MR) is 97.5 cm³/mol. The van der Waals surface area contributed by atoms with E-state index in [0.29, 0.717) is 23.3 Å². The first-order valence-electron chi connectivity index (χ1n) is 7.59. The molecule has 7 nitrogen and oxygen atoms in total. The lowest BCUT2D eigenvalue weighted by Crippen LogP contribution is -2.42. The van der Waals surface area contributed by atoms with Gasteiger partial charge >= 0.3 is 6.02 Å². The molecule has 0 saturated carbocycles. The lowest BCUT2D eigenvalue weighted by atomic mass is 10.1. The number of nitrogens with zero attached hydrogens (tertiary/aromatic N) is 4. The fourth-order valence-electron chi connectivity index (χ4n) is 1.12. The zero-order valence-electron chi connectivity index (χ0n) is 16.1. The topological polar surface area (TPSA) is 79.9 Å². The summed E-state index contributed by atoms with van der Waals surface area (Å²) in [5.74, 6) is 0.474. The first-order valence-corrected chi connectivity index (χ1v) is 7.59.